The van der Waals surface area contributed by atoms with Gasteiger partial charge in [-0.2, -0.15) is 0 Å². The number of carboxylic acids is 1. The van der Waals surface area contributed by atoms with Crippen LogP contribution in [0.15, 0.2) is 30.6 Å². The van der Waals surface area contributed by atoms with Crippen molar-refractivity contribution in [1.82, 2.24) is 24.9 Å². The van der Waals surface area contributed by atoms with E-state index in [0.29, 0.717) is 25.1 Å². The van der Waals surface area contributed by atoms with Gasteiger partial charge >= 0.3 is 5.97 Å². The third-order valence-corrected chi connectivity index (χ3v) is 5.23. The number of rotatable bonds is 6. The highest BCUT2D eigenvalue weighted by atomic mass is 19.3. The minimum absolute atomic E-state index is 0.0633. The molecule has 3 aromatic rings. The van der Waals surface area contributed by atoms with Crippen molar-refractivity contribution in [3.8, 4) is 0 Å². The molecule has 1 aromatic carbocycles. The van der Waals surface area contributed by atoms with Crippen LogP contribution in [0.2, 0.25) is 0 Å². The van der Waals surface area contributed by atoms with Crippen molar-refractivity contribution in [1.29, 1.82) is 0 Å². The number of carbonyl (C=O) groups is 2. The SMILES string of the molecule is O=C(O)c1cc2c(C(F)F)cc(C3=CCCN(C(=O)CCn4ccnn4)C3)c(F)c2[nH]1. The fourth-order valence-corrected chi connectivity index (χ4v) is 3.69. The number of carbonyl (C=O) groups excluding carboxylic acids is 1. The van der Waals surface area contributed by atoms with E-state index in [1.165, 1.54) is 15.8 Å². The predicted octanol–water partition coefficient (Wildman–Crippen LogP) is 3.24. The average Bonchev–Trinajstić information content (AvgIpc) is 3.42. The van der Waals surface area contributed by atoms with Crippen LogP contribution < -0.4 is 0 Å². The molecule has 0 aliphatic carbocycles. The molecule has 0 spiro atoms. The van der Waals surface area contributed by atoms with Crippen LogP contribution >= 0.6 is 0 Å². The fraction of sp³-hybridized carbons (Fsp3) is 0.300. The number of halogens is 3. The number of hydrogen-bond donors (Lipinski definition) is 2. The Hall–Kier alpha value is -3.63. The molecule has 162 valence electrons. The summed E-state index contributed by atoms with van der Waals surface area (Å²) in [5.74, 6) is -2.38. The minimum Gasteiger partial charge on any atom is -0.477 e. The molecule has 0 radical (unpaired) electrons. The molecule has 0 fully saturated rings. The number of aromatic carboxylic acids is 1. The first kappa shape index (κ1) is 20.6. The van der Waals surface area contributed by atoms with E-state index in [2.05, 4.69) is 15.3 Å². The quantitative estimate of drug-likeness (QED) is 0.621. The number of amides is 1. The number of alkyl halides is 2. The van der Waals surface area contributed by atoms with Crippen LogP contribution in [0.4, 0.5) is 13.2 Å². The molecule has 0 unspecified atom stereocenters. The highest BCUT2D eigenvalue weighted by Crippen LogP contribution is 2.35. The first-order chi connectivity index (χ1) is 14.8. The molecule has 0 bridgehead atoms. The maximum atomic E-state index is 15.2. The maximum Gasteiger partial charge on any atom is 0.352 e. The summed E-state index contributed by atoms with van der Waals surface area (Å²) in [5, 5.41) is 16.4. The molecular weight excluding hydrogens is 415 g/mol. The van der Waals surface area contributed by atoms with Crippen LogP contribution in [0.5, 0.6) is 0 Å². The molecule has 1 amide bonds. The van der Waals surface area contributed by atoms with Gasteiger partial charge in [0, 0.05) is 42.2 Å². The summed E-state index contributed by atoms with van der Waals surface area (Å²) in [6.45, 7) is 0.829. The Morgan fingerprint density at radius 2 is 2.10 bits per heavy atom. The zero-order valence-corrected chi connectivity index (χ0v) is 16.2. The van der Waals surface area contributed by atoms with E-state index >= 15 is 4.39 Å². The van der Waals surface area contributed by atoms with Crippen molar-refractivity contribution in [2.24, 2.45) is 0 Å². The van der Waals surface area contributed by atoms with Crippen LogP contribution in [0, 0.1) is 5.82 Å². The Balaban J connectivity index is 1.63. The molecule has 11 heteroatoms. The highest BCUT2D eigenvalue weighted by Gasteiger charge is 2.26. The minimum atomic E-state index is -2.93. The number of aromatic amines is 1. The van der Waals surface area contributed by atoms with E-state index in [9.17, 15) is 18.4 Å². The van der Waals surface area contributed by atoms with Crippen molar-refractivity contribution in [2.45, 2.75) is 25.8 Å². The van der Waals surface area contributed by atoms with Gasteiger partial charge < -0.3 is 15.0 Å². The van der Waals surface area contributed by atoms with Gasteiger partial charge in [0.2, 0.25) is 5.91 Å². The number of aryl methyl sites for hydroxylation is 1. The van der Waals surface area contributed by atoms with E-state index in [1.807, 2.05) is 0 Å². The number of aromatic nitrogens is 4. The van der Waals surface area contributed by atoms with Crippen molar-refractivity contribution >= 4 is 28.4 Å². The van der Waals surface area contributed by atoms with E-state index in [4.69, 9.17) is 5.11 Å². The first-order valence-corrected chi connectivity index (χ1v) is 9.53. The third kappa shape index (κ3) is 4.03. The summed E-state index contributed by atoms with van der Waals surface area (Å²) in [6.07, 6.45) is 2.52. The summed E-state index contributed by atoms with van der Waals surface area (Å²) in [4.78, 5) is 27.7. The second kappa shape index (κ2) is 8.25. The van der Waals surface area contributed by atoms with E-state index in [1.54, 1.807) is 12.3 Å². The lowest BCUT2D eigenvalue weighted by molar-refractivity contribution is -0.131. The number of nitrogens with zero attached hydrogens (tertiary/aromatic N) is 4. The Bertz CT molecular complexity index is 1170. The van der Waals surface area contributed by atoms with Gasteiger partial charge in [-0.3, -0.25) is 9.48 Å². The molecule has 1 aliphatic heterocycles. The van der Waals surface area contributed by atoms with Crippen molar-refractivity contribution in [2.75, 3.05) is 13.1 Å². The summed E-state index contributed by atoms with van der Waals surface area (Å²) in [6, 6.07) is 2.04. The monoisotopic (exact) mass is 433 g/mol. The first-order valence-electron chi connectivity index (χ1n) is 9.53. The van der Waals surface area contributed by atoms with E-state index in [0.717, 1.165) is 12.1 Å². The van der Waals surface area contributed by atoms with Gasteiger partial charge in [-0.25, -0.2) is 18.0 Å². The predicted molar refractivity (Wildman–Crippen MR) is 104 cm³/mol. The second-order valence-corrected chi connectivity index (χ2v) is 7.15. The van der Waals surface area contributed by atoms with Crippen LogP contribution in [0.1, 0.15) is 40.9 Å². The topological polar surface area (TPSA) is 104 Å². The second-order valence-electron chi connectivity index (χ2n) is 7.15. The van der Waals surface area contributed by atoms with Crippen molar-refractivity contribution in [3.63, 3.8) is 0 Å². The molecule has 0 saturated carbocycles. The Kier molecular flexibility index (Phi) is 5.49. The van der Waals surface area contributed by atoms with Gasteiger partial charge in [0.1, 0.15) is 5.69 Å². The van der Waals surface area contributed by atoms with Crippen molar-refractivity contribution in [3.05, 3.63) is 53.2 Å². The van der Waals surface area contributed by atoms with Crippen LogP contribution in [0.3, 0.4) is 0 Å². The number of fused-ring (bicyclic) bond motifs is 1. The number of H-pyrrole nitrogens is 1. The highest BCUT2D eigenvalue weighted by molar-refractivity contribution is 5.97. The number of hydrogen-bond acceptors (Lipinski definition) is 4. The zero-order chi connectivity index (χ0) is 22.1. The lowest BCUT2D eigenvalue weighted by Crippen LogP contribution is -2.36. The molecule has 31 heavy (non-hydrogen) atoms. The molecule has 3 heterocycles. The summed E-state index contributed by atoms with van der Waals surface area (Å²) in [5.41, 5.74) is -0.814. The van der Waals surface area contributed by atoms with Gasteiger partial charge in [-0.1, -0.05) is 11.3 Å². The molecule has 2 aromatic heterocycles. The Labute approximate surface area is 174 Å². The number of nitrogens with one attached hydrogen (secondary N) is 1. The lowest BCUT2D eigenvalue weighted by atomic mass is 9.96. The normalized spacial score (nSPS) is 14.3. The fourth-order valence-electron chi connectivity index (χ4n) is 3.69. The molecule has 0 saturated heterocycles. The number of carboxylic acid groups (broad SMARTS) is 1. The smallest absolute Gasteiger partial charge is 0.352 e. The number of benzene rings is 1. The van der Waals surface area contributed by atoms with Crippen LogP contribution in [-0.4, -0.2) is 55.0 Å². The molecule has 8 nitrogen and oxygen atoms in total. The Morgan fingerprint density at radius 1 is 1.29 bits per heavy atom. The summed E-state index contributed by atoms with van der Waals surface area (Å²) >= 11 is 0. The summed E-state index contributed by atoms with van der Waals surface area (Å²) in [7, 11) is 0. The molecule has 1 aliphatic rings. The lowest BCUT2D eigenvalue weighted by Gasteiger charge is -2.28. The molecule has 4 rings (SSSR count). The van der Waals surface area contributed by atoms with Crippen LogP contribution in [-0.2, 0) is 11.3 Å². The Morgan fingerprint density at radius 3 is 2.77 bits per heavy atom. The third-order valence-electron chi connectivity index (χ3n) is 5.23. The van der Waals surface area contributed by atoms with Gasteiger partial charge in [0.05, 0.1) is 18.3 Å². The average molecular weight is 433 g/mol. The van der Waals surface area contributed by atoms with Gasteiger partial charge in [0.15, 0.2) is 5.82 Å². The van der Waals surface area contributed by atoms with E-state index < -0.39 is 23.8 Å². The van der Waals surface area contributed by atoms with Gasteiger partial charge in [-0.15, -0.1) is 5.10 Å². The van der Waals surface area contributed by atoms with Gasteiger partial charge in [0.25, 0.3) is 6.43 Å². The summed E-state index contributed by atoms with van der Waals surface area (Å²) < 4.78 is 44.0. The maximum absolute atomic E-state index is 15.2. The molecule has 2 N–H and O–H groups in total. The van der Waals surface area contributed by atoms with Crippen molar-refractivity contribution < 1.29 is 27.9 Å². The largest absolute Gasteiger partial charge is 0.477 e. The van der Waals surface area contributed by atoms with E-state index in [-0.39, 0.29) is 41.0 Å². The van der Waals surface area contributed by atoms with Crippen LogP contribution in [0.25, 0.3) is 16.5 Å². The van der Waals surface area contributed by atoms with Gasteiger partial charge in [-0.05, 0) is 24.1 Å². The standard InChI is InChI=1S/C20H18F3N5O3/c21-17-12(8-14(19(22)23)13-9-15(20(30)31)25-18(13)17)11-2-1-5-27(10-11)16(29)3-6-28-7-4-24-26-28/h2,4,7-9,19,25H,1,3,5-6,10H2,(H,30,31). The molecular formula is C20H18F3N5O3. The zero-order valence-electron chi connectivity index (χ0n) is 16.2. The molecule has 0 atom stereocenters.